The van der Waals surface area contributed by atoms with Crippen LogP contribution in [0.1, 0.15) is 25.5 Å². The van der Waals surface area contributed by atoms with E-state index in [1.54, 1.807) is 11.8 Å². The quantitative estimate of drug-likeness (QED) is 0.838. The first-order valence-corrected chi connectivity index (χ1v) is 7.49. The fraction of sp³-hybridized carbons (Fsp3) is 0.357. The predicted octanol–water partition coefficient (Wildman–Crippen LogP) is 3.59. The van der Waals surface area contributed by atoms with Gasteiger partial charge in [0.2, 0.25) is 0 Å². The van der Waals surface area contributed by atoms with Gasteiger partial charge in [-0.25, -0.2) is 0 Å². The highest BCUT2D eigenvalue weighted by atomic mass is 32.2. The van der Waals surface area contributed by atoms with Gasteiger partial charge < -0.3 is 11.1 Å². The summed E-state index contributed by atoms with van der Waals surface area (Å²) in [4.78, 5) is 1.19. The lowest BCUT2D eigenvalue weighted by Crippen LogP contribution is -2.02. The molecule has 0 unspecified atom stereocenters. The summed E-state index contributed by atoms with van der Waals surface area (Å²) in [6.45, 7) is 4.19. The number of benzene rings is 1. The van der Waals surface area contributed by atoms with Crippen molar-refractivity contribution in [1.82, 2.24) is 9.78 Å². The molecule has 5 heteroatoms. The van der Waals surface area contributed by atoms with Gasteiger partial charge in [-0.2, -0.15) is 5.10 Å². The average molecular weight is 276 g/mol. The van der Waals surface area contributed by atoms with Crippen LogP contribution in [0, 0.1) is 0 Å². The first-order chi connectivity index (χ1) is 9.04. The Bertz CT molecular complexity index is 575. The van der Waals surface area contributed by atoms with Crippen LogP contribution in [0.2, 0.25) is 0 Å². The van der Waals surface area contributed by atoms with E-state index in [-0.39, 0.29) is 0 Å². The average Bonchev–Trinajstić information content (AvgIpc) is 2.67. The van der Waals surface area contributed by atoms with Crippen LogP contribution in [0.3, 0.4) is 0 Å². The zero-order chi connectivity index (χ0) is 14.0. The minimum atomic E-state index is 0.317. The van der Waals surface area contributed by atoms with Gasteiger partial charge in [0.15, 0.2) is 5.82 Å². The van der Waals surface area contributed by atoms with E-state index >= 15 is 0 Å². The third-order valence-corrected chi connectivity index (χ3v) is 3.82. The molecule has 2 rings (SSSR count). The van der Waals surface area contributed by atoms with Crippen LogP contribution in [-0.4, -0.2) is 16.0 Å². The molecule has 0 saturated carbocycles. The Kier molecular flexibility index (Phi) is 4.04. The van der Waals surface area contributed by atoms with Crippen LogP contribution in [0.25, 0.3) is 0 Å². The molecular formula is C14H20N4S. The van der Waals surface area contributed by atoms with Gasteiger partial charge in [-0.3, -0.25) is 4.68 Å². The van der Waals surface area contributed by atoms with E-state index in [0.29, 0.717) is 5.92 Å². The van der Waals surface area contributed by atoms with Crippen LogP contribution < -0.4 is 11.1 Å². The van der Waals surface area contributed by atoms with Gasteiger partial charge in [-0.05, 0) is 24.3 Å². The molecule has 0 fully saturated rings. The van der Waals surface area contributed by atoms with Crippen LogP contribution in [0.5, 0.6) is 0 Å². The number of anilines is 3. The largest absolute Gasteiger partial charge is 0.394 e. The minimum absolute atomic E-state index is 0.317. The van der Waals surface area contributed by atoms with Crippen molar-refractivity contribution in [2.24, 2.45) is 7.05 Å². The molecule has 0 saturated heterocycles. The van der Waals surface area contributed by atoms with Crippen LogP contribution in [-0.2, 0) is 7.05 Å². The Morgan fingerprint density at radius 2 is 2.00 bits per heavy atom. The molecule has 102 valence electrons. The van der Waals surface area contributed by atoms with Crippen molar-refractivity contribution < 1.29 is 0 Å². The van der Waals surface area contributed by atoms with E-state index < -0.39 is 0 Å². The summed E-state index contributed by atoms with van der Waals surface area (Å²) < 4.78 is 1.81. The van der Waals surface area contributed by atoms with Gasteiger partial charge in [0.25, 0.3) is 0 Å². The highest BCUT2D eigenvalue weighted by molar-refractivity contribution is 7.98. The molecule has 3 N–H and O–H groups in total. The maximum atomic E-state index is 6.19. The molecule has 0 aliphatic rings. The Morgan fingerprint density at radius 1 is 1.32 bits per heavy atom. The summed E-state index contributed by atoms with van der Waals surface area (Å²) in [6.07, 6.45) is 2.06. The normalized spacial score (nSPS) is 11.0. The van der Waals surface area contributed by atoms with E-state index in [1.165, 1.54) is 4.90 Å². The molecule has 0 bridgehead atoms. The van der Waals surface area contributed by atoms with Gasteiger partial charge in [0, 0.05) is 11.9 Å². The predicted molar refractivity (Wildman–Crippen MR) is 83.2 cm³/mol. The number of nitrogens with zero attached hydrogens (tertiary/aromatic N) is 2. The lowest BCUT2D eigenvalue weighted by molar-refractivity contribution is 0.718. The summed E-state index contributed by atoms with van der Waals surface area (Å²) in [5.41, 5.74) is 8.91. The highest BCUT2D eigenvalue weighted by Gasteiger charge is 2.16. The molecule has 1 heterocycles. The molecule has 19 heavy (non-hydrogen) atoms. The van der Waals surface area contributed by atoms with Gasteiger partial charge in [0.05, 0.1) is 17.1 Å². The monoisotopic (exact) mass is 276 g/mol. The number of nitrogens with one attached hydrogen (secondary N) is 1. The number of nitrogens with two attached hydrogens (primary N) is 1. The SMILES string of the molecule is CSc1ccccc1Nc1c(N)c(C(C)C)nn1C. The number of nitrogen functional groups attached to an aromatic ring is 1. The minimum Gasteiger partial charge on any atom is -0.394 e. The van der Waals surface area contributed by atoms with E-state index in [2.05, 4.69) is 36.6 Å². The third-order valence-electron chi connectivity index (χ3n) is 3.02. The van der Waals surface area contributed by atoms with Crippen LogP contribution in [0.15, 0.2) is 29.2 Å². The van der Waals surface area contributed by atoms with Gasteiger partial charge in [0.1, 0.15) is 0 Å². The van der Waals surface area contributed by atoms with Gasteiger partial charge in [-0.1, -0.05) is 26.0 Å². The molecule has 1 aromatic carbocycles. The number of rotatable bonds is 4. The molecule has 0 atom stereocenters. The molecule has 0 spiro atoms. The van der Waals surface area contributed by atoms with Gasteiger partial charge in [-0.15, -0.1) is 11.8 Å². The van der Waals surface area contributed by atoms with Gasteiger partial charge >= 0.3 is 0 Å². The number of para-hydroxylation sites is 1. The smallest absolute Gasteiger partial charge is 0.152 e. The zero-order valence-electron chi connectivity index (χ0n) is 11.8. The van der Waals surface area contributed by atoms with Crippen molar-refractivity contribution in [3.63, 3.8) is 0 Å². The number of hydrogen-bond donors (Lipinski definition) is 2. The number of hydrogen-bond acceptors (Lipinski definition) is 4. The maximum Gasteiger partial charge on any atom is 0.152 e. The zero-order valence-corrected chi connectivity index (χ0v) is 12.6. The maximum absolute atomic E-state index is 6.19. The standard InChI is InChI=1S/C14H20N4S/c1-9(2)13-12(15)14(18(3)17-13)16-10-7-5-6-8-11(10)19-4/h5-9,16H,15H2,1-4H3. The van der Waals surface area contributed by atoms with Crippen molar-refractivity contribution in [2.45, 2.75) is 24.7 Å². The molecule has 1 aromatic heterocycles. The summed E-state index contributed by atoms with van der Waals surface area (Å²) in [7, 11) is 1.91. The van der Waals surface area contributed by atoms with E-state index in [1.807, 2.05) is 29.9 Å². The Hall–Kier alpha value is -1.62. The summed E-state index contributed by atoms with van der Waals surface area (Å²) in [6, 6.07) is 8.18. The second kappa shape index (κ2) is 5.57. The van der Waals surface area contributed by atoms with Crippen molar-refractivity contribution in [3.05, 3.63) is 30.0 Å². The second-order valence-electron chi connectivity index (χ2n) is 4.75. The van der Waals surface area contributed by atoms with Crippen molar-refractivity contribution in [2.75, 3.05) is 17.3 Å². The molecule has 0 aliphatic carbocycles. The molecule has 4 nitrogen and oxygen atoms in total. The molecule has 0 radical (unpaired) electrons. The Labute approximate surface area is 118 Å². The lowest BCUT2D eigenvalue weighted by Gasteiger charge is -2.11. The van der Waals surface area contributed by atoms with Crippen molar-refractivity contribution >= 4 is 29.0 Å². The summed E-state index contributed by atoms with van der Waals surface area (Å²) in [5, 5.41) is 7.87. The van der Waals surface area contributed by atoms with E-state index in [4.69, 9.17) is 5.73 Å². The fourth-order valence-corrected chi connectivity index (χ4v) is 2.56. The summed E-state index contributed by atoms with van der Waals surface area (Å²) >= 11 is 1.71. The number of aryl methyl sites for hydroxylation is 1. The Morgan fingerprint density at radius 3 is 2.58 bits per heavy atom. The van der Waals surface area contributed by atoms with Crippen molar-refractivity contribution in [3.8, 4) is 0 Å². The number of aromatic nitrogens is 2. The first kappa shape index (κ1) is 13.8. The van der Waals surface area contributed by atoms with E-state index in [9.17, 15) is 0 Å². The molecular weight excluding hydrogens is 256 g/mol. The fourth-order valence-electron chi connectivity index (χ4n) is 2.01. The lowest BCUT2D eigenvalue weighted by atomic mass is 10.1. The molecule has 0 amide bonds. The molecule has 0 aliphatic heterocycles. The second-order valence-corrected chi connectivity index (χ2v) is 5.60. The highest BCUT2D eigenvalue weighted by Crippen LogP contribution is 2.33. The Balaban J connectivity index is 2.38. The first-order valence-electron chi connectivity index (χ1n) is 6.27. The molecule has 2 aromatic rings. The number of thioether (sulfide) groups is 1. The van der Waals surface area contributed by atoms with Crippen LogP contribution in [0.4, 0.5) is 17.2 Å². The summed E-state index contributed by atoms with van der Waals surface area (Å²) in [5.74, 6) is 1.17. The van der Waals surface area contributed by atoms with Crippen molar-refractivity contribution in [1.29, 1.82) is 0 Å². The third kappa shape index (κ3) is 2.71. The van der Waals surface area contributed by atoms with Crippen LogP contribution >= 0.6 is 11.8 Å². The van der Waals surface area contributed by atoms with E-state index in [0.717, 1.165) is 22.9 Å². The topological polar surface area (TPSA) is 55.9 Å².